The predicted octanol–water partition coefficient (Wildman–Crippen LogP) is 7.42. The Balaban J connectivity index is 1.56. The maximum atomic E-state index is 14.1. The van der Waals surface area contributed by atoms with E-state index in [1.807, 2.05) is 52.3 Å². The van der Waals surface area contributed by atoms with Gasteiger partial charge in [-0.2, -0.15) is 0 Å². The Morgan fingerprint density at radius 3 is 2.19 bits per heavy atom. The van der Waals surface area contributed by atoms with Crippen LogP contribution in [0.15, 0.2) is 54.6 Å². The molecule has 0 saturated heterocycles. The molecule has 1 aliphatic rings. The molecule has 7 heteroatoms. The first-order valence-electron chi connectivity index (χ1n) is 15.0. The highest BCUT2D eigenvalue weighted by molar-refractivity contribution is 7.11. The number of nitrogens with zero attached hydrogens (tertiary/aromatic N) is 2. The highest BCUT2D eigenvalue weighted by atomic mass is 32.1. The van der Waals surface area contributed by atoms with Gasteiger partial charge < -0.3 is 19.3 Å². The maximum Gasteiger partial charge on any atom is 0.254 e. The average Bonchev–Trinajstić information content (AvgIpc) is 3.41. The lowest BCUT2D eigenvalue weighted by Crippen LogP contribution is -2.48. The monoisotopic (exact) mass is 590 g/mol. The van der Waals surface area contributed by atoms with E-state index in [0.717, 1.165) is 36.1 Å². The molecule has 0 spiro atoms. The van der Waals surface area contributed by atoms with Crippen molar-refractivity contribution in [1.82, 2.24) is 9.80 Å². The van der Waals surface area contributed by atoms with Gasteiger partial charge in [-0.25, -0.2) is 0 Å². The maximum absolute atomic E-state index is 14.1. The number of carbonyl (C=O) groups excluding carboxylic acids is 2. The summed E-state index contributed by atoms with van der Waals surface area (Å²) in [4.78, 5) is 34.2. The minimum Gasteiger partial charge on any atom is -0.493 e. The summed E-state index contributed by atoms with van der Waals surface area (Å²) in [5.41, 5.74) is 2.90. The van der Waals surface area contributed by atoms with Gasteiger partial charge in [0.1, 0.15) is 6.54 Å². The van der Waals surface area contributed by atoms with E-state index in [-0.39, 0.29) is 29.8 Å². The van der Waals surface area contributed by atoms with E-state index in [9.17, 15) is 9.59 Å². The molecule has 3 aromatic rings. The molecule has 0 radical (unpaired) electrons. The van der Waals surface area contributed by atoms with Crippen molar-refractivity contribution in [2.45, 2.75) is 84.2 Å². The normalized spacial score (nSPS) is 14.0. The van der Waals surface area contributed by atoms with E-state index in [0.29, 0.717) is 36.6 Å². The SMILES string of the molecule is COc1ccc(CCN(Cc2ccc(C)s2)C(=O)CN(C(=O)c2ccc(C(C)(C)C)cc2)C2CCCCC2)cc1OC. The number of aryl methyl sites for hydroxylation is 1. The number of ether oxygens (including phenoxy) is 2. The molecule has 1 heterocycles. The van der Waals surface area contributed by atoms with Crippen LogP contribution in [-0.2, 0) is 23.2 Å². The Morgan fingerprint density at radius 1 is 0.905 bits per heavy atom. The Hall–Kier alpha value is -3.32. The van der Waals surface area contributed by atoms with E-state index in [1.54, 1.807) is 25.6 Å². The molecule has 6 nitrogen and oxygen atoms in total. The summed E-state index contributed by atoms with van der Waals surface area (Å²) in [5.74, 6) is 1.28. The molecule has 1 aromatic heterocycles. The molecule has 2 aromatic carbocycles. The number of hydrogen-bond donors (Lipinski definition) is 0. The number of benzene rings is 2. The van der Waals surface area contributed by atoms with Gasteiger partial charge in [0.2, 0.25) is 5.91 Å². The van der Waals surface area contributed by atoms with Crippen LogP contribution in [0.2, 0.25) is 0 Å². The molecule has 1 fully saturated rings. The third-order valence-corrected chi connectivity index (χ3v) is 9.18. The first kappa shape index (κ1) is 31.6. The van der Waals surface area contributed by atoms with Gasteiger partial charge in [0.15, 0.2) is 11.5 Å². The summed E-state index contributed by atoms with van der Waals surface area (Å²) in [5, 5.41) is 0. The Morgan fingerprint density at radius 2 is 1.60 bits per heavy atom. The molecule has 0 bridgehead atoms. The van der Waals surface area contributed by atoms with Crippen LogP contribution in [-0.4, -0.2) is 55.0 Å². The third kappa shape index (κ3) is 8.15. The summed E-state index contributed by atoms with van der Waals surface area (Å²) in [6.45, 7) is 9.74. The smallest absolute Gasteiger partial charge is 0.254 e. The first-order chi connectivity index (χ1) is 20.1. The van der Waals surface area contributed by atoms with E-state index in [4.69, 9.17) is 9.47 Å². The zero-order chi connectivity index (χ0) is 30.3. The Bertz CT molecular complexity index is 1340. The van der Waals surface area contributed by atoms with E-state index < -0.39 is 0 Å². The van der Waals surface area contributed by atoms with Crippen molar-refractivity contribution in [3.8, 4) is 11.5 Å². The second-order valence-electron chi connectivity index (χ2n) is 12.3. The van der Waals surface area contributed by atoms with Crippen molar-refractivity contribution in [1.29, 1.82) is 0 Å². The topological polar surface area (TPSA) is 59.1 Å². The van der Waals surface area contributed by atoms with Crippen molar-refractivity contribution in [2.24, 2.45) is 0 Å². The number of methoxy groups -OCH3 is 2. The fourth-order valence-electron chi connectivity index (χ4n) is 5.63. The minimum absolute atomic E-state index is 0.00908. The van der Waals surface area contributed by atoms with Gasteiger partial charge in [-0.15, -0.1) is 11.3 Å². The largest absolute Gasteiger partial charge is 0.493 e. The zero-order valence-electron chi connectivity index (χ0n) is 26.1. The molecule has 4 rings (SSSR count). The standard InChI is InChI=1S/C35H46N2O4S/c1-25-12-18-30(42-25)23-36(21-20-26-13-19-31(40-5)32(22-26)41-6)33(38)24-37(29-10-8-7-9-11-29)34(39)27-14-16-28(17-15-27)35(2,3)4/h12-19,22,29H,7-11,20-21,23-24H2,1-6H3. The van der Waals surface area contributed by atoms with Gasteiger partial charge in [-0.3, -0.25) is 9.59 Å². The molecule has 226 valence electrons. The van der Waals surface area contributed by atoms with E-state index in [2.05, 4.69) is 39.8 Å². The highest BCUT2D eigenvalue weighted by Gasteiger charge is 2.30. The van der Waals surface area contributed by atoms with Crippen LogP contribution in [0.4, 0.5) is 0 Å². The van der Waals surface area contributed by atoms with Gasteiger partial charge in [-0.05, 0) is 79.1 Å². The number of thiophene rings is 1. The van der Waals surface area contributed by atoms with Crippen molar-refractivity contribution in [2.75, 3.05) is 27.3 Å². The molecular weight excluding hydrogens is 544 g/mol. The number of amides is 2. The molecular formula is C35H46N2O4S. The lowest BCUT2D eigenvalue weighted by Gasteiger charge is -2.35. The Kier molecular flexibility index (Phi) is 10.7. The Labute approximate surface area is 255 Å². The quantitative estimate of drug-likeness (QED) is 0.233. The van der Waals surface area contributed by atoms with Gasteiger partial charge >= 0.3 is 0 Å². The van der Waals surface area contributed by atoms with Crippen LogP contribution in [0.5, 0.6) is 11.5 Å². The van der Waals surface area contributed by atoms with Crippen LogP contribution in [0.1, 0.15) is 84.1 Å². The fourth-order valence-corrected chi connectivity index (χ4v) is 6.54. The summed E-state index contributed by atoms with van der Waals surface area (Å²) in [6, 6.07) is 18.1. The van der Waals surface area contributed by atoms with Gasteiger partial charge in [0.25, 0.3) is 5.91 Å². The van der Waals surface area contributed by atoms with Crippen LogP contribution >= 0.6 is 11.3 Å². The van der Waals surface area contributed by atoms with Crippen LogP contribution in [0, 0.1) is 6.92 Å². The van der Waals surface area contributed by atoms with Gasteiger partial charge in [-0.1, -0.05) is 58.2 Å². The van der Waals surface area contributed by atoms with Crippen molar-refractivity contribution in [3.05, 3.63) is 81.0 Å². The van der Waals surface area contributed by atoms with Gasteiger partial charge in [0.05, 0.1) is 20.8 Å². The number of carbonyl (C=O) groups is 2. The fraction of sp³-hybridized carbons (Fsp3) is 0.486. The highest BCUT2D eigenvalue weighted by Crippen LogP contribution is 2.29. The third-order valence-electron chi connectivity index (χ3n) is 8.19. The lowest BCUT2D eigenvalue weighted by molar-refractivity contribution is -0.133. The molecule has 0 aliphatic heterocycles. The lowest BCUT2D eigenvalue weighted by atomic mass is 9.86. The van der Waals surface area contributed by atoms with Crippen molar-refractivity contribution < 1.29 is 19.1 Å². The molecule has 42 heavy (non-hydrogen) atoms. The van der Waals surface area contributed by atoms with Crippen LogP contribution in [0.25, 0.3) is 0 Å². The summed E-state index contributed by atoms with van der Waals surface area (Å²) in [6.07, 6.45) is 5.90. The summed E-state index contributed by atoms with van der Waals surface area (Å²) < 4.78 is 10.9. The van der Waals surface area contributed by atoms with Crippen LogP contribution in [0.3, 0.4) is 0 Å². The van der Waals surface area contributed by atoms with Crippen molar-refractivity contribution in [3.63, 3.8) is 0 Å². The van der Waals surface area contributed by atoms with Crippen molar-refractivity contribution >= 4 is 23.2 Å². The predicted molar refractivity (Wildman–Crippen MR) is 171 cm³/mol. The molecule has 2 amide bonds. The molecule has 1 saturated carbocycles. The second kappa shape index (κ2) is 14.2. The molecule has 1 aliphatic carbocycles. The average molecular weight is 591 g/mol. The minimum atomic E-state index is -0.0532. The molecule has 0 atom stereocenters. The van der Waals surface area contributed by atoms with E-state index in [1.165, 1.54) is 16.9 Å². The molecule has 0 N–H and O–H groups in total. The first-order valence-corrected chi connectivity index (χ1v) is 15.9. The number of rotatable bonds is 11. The van der Waals surface area contributed by atoms with Gasteiger partial charge in [0, 0.05) is 27.9 Å². The zero-order valence-corrected chi connectivity index (χ0v) is 26.9. The summed E-state index contributed by atoms with van der Waals surface area (Å²) in [7, 11) is 3.25. The van der Waals surface area contributed by atoms with Crippen LogP contribution < -0.4 is 9.47 Å². The second-order valence-corrected chi connectivity index (χ2v) is 13.7. The number of hydrogen-bond acceptors (Lipinski definition) is 5. The van der Waals surface area contributed by atoms with E-state index >= 15 is 0 Å². The summed E-state index contributed by atoms with van der Waals surface area (Å²) >= 11 is 1.71. The molecule has 0 unspecified atom stereocenters.